The SMILES string of the molecule is Cc1cccc2c(=O)c3c(O)cc(OC(=O)C(C)NC(=O)OCc4ccccc4)cc3oc12. The van der Waals surface area contributed by atoms with Crippen molar-refractivity contribution in [3.05, 3.63) is 82.0 Å². The van der Waals surface area contributed by atoms with Crippen LogP contribution in [0.15, 0.2) is 69.9 Å². The van der Waals surface area contributed by atoms with Crippen molar-refractivity contribution in [3.63, 3.8) is 0 Å². The van der Waals surface area contributed by atoms with E-state index in [2.05, 4.69) is 5.32 Å². The summed E-state index contributed by atoms with van der Waals surface area (Å²) in [5, 5.41) is 13.1. The monoisotopic (exact) mass is 447 g/mol. The van der Waals surface area contributed by atoms with Crippen molar-refractivity contribution in [2.45, 2.75) is 26.5 Å². The van der Waals surface area contributed by atoms with Gasteiger partial charge in [0.1, 0.15) is 40.7 Å². The lowest BCUT2D eigenvalue weighted by atomic mass is 10.1. The number of esters is 1. The van der Waals surface area contributed by atoms with Gasteiger partial charge in [0.05, 0.1) is 5.39 Å². The lowest BCUT2D eigenvalue weighted by Gasteiger charge is -2.14. The first-order valence-electron chi connectivity index (χ1n) is 10.2. The number of amides is 1. The predicted molar refractivity (Wildman–Crippen MR) is 121 cm³/mol. The number of phenols is 1. The maximum Gasteiger partial charge on any atom is 0.408 e. The van der Waals surface area contributed by atoms with E-state index in [1.54, 1.807) is 37.3 Å². The highest BCUT2D eigenvalue weighted by atomic mass is 16.6. The molecule has 1 atom stereocenters. The van der Waals surface area contributed by atoms with Gasteiger partial charge in [0.2, 0.25) is 5.43 Å². The van der Waals surface area contributed by atoms with E-state index in [4.69, 9.17) is 13.9 Å². The summed E-state index contributed by atoms with van der Waals surface area (Å²) in [5.41, 5.74) is 1.63. The molecular weight excluding hydrogens is 426 g/mol. The third-order valence-corrected chi connectivity index (χ3v) is 5.07. The molecule has 0 aliphatic carbocycles. The molecule has 3 aromatic carbocycles. The molecule has 1 unspecified atom stereocenters. The molecule has 0 fully saturated rings. The molecule has 0 spiro atoms. The Kier molecular flexibility index (Phi) is 5.99. The molecule has 8 heteroatoms. The van der Waals surface area contributed by atoms with Crippen LogP contribution in [0.25, 0.3) is 21.9 Å². The molecule has 0 saturated carbocycles. The molecular formula is C25H21NO7. The number of phenolic OH excluding ortho intramolecular Hbond substituents is 1. The molecule has 1 aromatic heterocycles. The lowest BCUT2D eigenvalue weighted by Crippen LogP contribution is -2.41. The number of alkyl carbamates (subject to hydrolysis) is 1. The van der Waals surface area contributed by atoms with E-state index in [1.165, 1.54) is 13.0 Å². The van der Waals surface area contributed by atoms with E-state index in [0.29, 0.717) is 11.0 Å². The van der Waals surface area contributed by atoms with Gasteiger partial charge in [-0.05, 0) is 31.0 Å². The Hall–Kier alpha value is -4.33. The molecule has 4 aromatic rings. The average Bonchev–Trinajstić information content (AvgIpc) is 2.79. The van der Waals surface area contributed by atoms with Gasteiger partial charge < -0.3 is 24.3 Å². The van der Waals surface area contributed by atoms with Crippen molar-refractivity contribution in [2.24, 2.45) is 0 Å². The highest BCUT2D eigenvalue weighted by Gasteiger charge is 2.21. The molecule has 4 rings (SSSR count). The molecule has 1 amide bonds. The summed E-state index contributed by atoms with van der Waals surface area (Å²) >= 11 is 0. The summed E-state index contributed by atoms with van der Waals surface area (Å²) in [5.74, 6) is -1.20. The van der Waals surface area contributed by atoms with E-state index in [-0.39, 0.29) is 34.5 Å². The number of ether oxygens (including phenoxy) is 2. The van der Waals surface area contributed by atoms with Gasteiger partial charge in [-0.15, -0.1) is 0 Å². The maximum absolute atomic E-state index is 12.8. The second kappa shape index (κ2) is 9.04. The average molecular weight is 447 g/mol. The third-order valence-electron chi connectivity index (χ3n) is 5.07. The Balaban J connectivity index is 1.49. The Bertz CT molecular complexity index is 1410. The summed E-state index contributed by atoms with van der Waals surface area (Å²) in [4.78, 5) is 37.2. The summed E-state index contributed by atoms with van der Waals surface area (Å²) in [6.45, 7) is 3.29. The number of benzene rings is 3. The van der Waals surface area contributed by atoms with Gasteiger partial charge >= 0.3 is 12.1 Å². The van der Waals surface area contributed by atoms with Crippen LogP contribution in [0.1, 0.15) is 18.1 Å². The minimum Gasteiger partial charge on any atom is -0.507 e. The number of fused-ring (bicyclic) bond motifs is 2. The number of nitrogens with one attached hydrogen (secondary N) is 1. The van der Waals surface area contributed by atoms with E-state index in [0.717, 1.165) is 17.2 Å². The van der Waals surface area contributed by atoms with Gasteiger partial charge in [-0.2, -0.15) is 0 Å². The van der Waals surface area contributed by atoms with Crippen molar-refractivity contribution in [1.29, 1.82) is 0 Å². The zero-order valence-electron chi connectivity index (χ0n) is 18.0. The minimum absolute atomic E-state index is 0.0106. The van der Waals surface area contributed by atoms with Crippen LogP contribution in [0.2, 0.25) is 0 Å². The molecule has 0 aliphatic rings. The van der Waals surface area contributed by atoms with Crippen LogP contribution in [0.5, 0.6) is 11.5 Å². The number of hydrogen-bond acceptors (Lipinski definition) is 7. The lowest BCUT2D eigenvalue weighted by molar-refractivity contribution is -0.136. The molecule has 168 valence electrons. The van der Waals surface area contributed by atoms with Crippen LogP contribution in [0, 0.1) is 6.92 Å². The molecule has 0 aliphatic heterocycles. The van der Waals surface area contributed by atoms with Gasteiger partial charge in [-0.1, -0.05) is 42.5 Å². The largest absolute Gasteiger partial charge is 0.507 e. The Morgan fingerprint density at radius 1 is 1.09 bits per heavy atom. The third kappa shape index (κ3) is 4.64. The Morgan fingerprint density at radius 2 is 1.85 bits per heavy atom. The van der Waals surface area contributed by atoms with E-state index in [9.17, 15) is 19.5 Å². The standard InChI is InChI=1S/C25H21NO7/c1-14-7-6-10-18-22(28)21-19(27)11-17(12-20(21)33-23(14)18)32-24(29)15(2)26-25(30)31-13-16-8-4-3-5-9-16/h3-12,15,27H,13H2,1-2H3,(H,26,30). The number of aryl methyl sites for hydroxylation is 1. The minimum atomic E-state index is -1.03. The van der Waals surface area contributed by atoms with Crippen LogP contribution in [-0.2, 0) is 16.1 Å². The first kappa shape index (κ1) is 21.9. The number of carbonyl (C=O) groups excluding carboxylic acids is 2. The van der Waals surface area contributed by atoms with Crippen molar-refractivity contribution in [2.75, 3.05) is 0 Å². The number of rotatable bonds is 5. The number of hydrogen-bond donors (Lipinski definition) is 2. The molecule has 33 heavy (non-hydrogen) atoms. The summed E-state index contributed by atoms with van der Waals surface area (Å²) in [7, 11) is 0. The van der Waals surface area contributed by atoms with E-state index < -0.39 is 18.1 Å². The van der Waals surface area contributed by atoms with Crippen molar-refractivity contribution >= 4 is 34.0 Å². The van der Waals surface area contributed by atoms with Gasteiger partial charge in [0, 0.05) is 12.1 Å². The number of para-hydroxylation sites is 1. The summed E-state index contributed by atoms with van der Waals surface area (Å²) < 4.78 is 16.2. The van der Waals surface area contributed by atoms with Crippen LogP contribution in [0.3, 0.4) is 0 Å². The fourth-order valence-electron chi connectivity index (χ4n) is 3.36. The van der Waals surface area contributed by atoms with E-state index in [1.807, 2.05) is 18.2 Å². The molecule has 2 N–H and O–H groups in total. The van der Waals surface area contributed by atoms with Crippen molar-refractivity contribution < 1.29 is 28.6 Å². The zero-order valence-corrected chi connectivity index (χ0v) is 18.0. The number of aromatic hydroxyl groups is 1. The Morgan fingerprint density at radius 3 is 2.61 bits per heavy atom. The highest BCUT2D eigenvalue weighted by molar-refractivity contribution is 5.95. The van der Waals surface area contributed by atoms with Crippen LogP contribution < -0.4 is 15.5 Å². The quantitative estimate of drug-likeness (QED) is 0.268. The first-order valence-corrected chi connectivity index (χ1v) is 10.2. The van der Waals surface area contributed by atoms with Crippen LogP contribution >= 0.6 is 0 Å². The van der Waals surface area contributed by atoms with Crippen molar-refractivity contribution in [1.82, 2.24) is 5.32 Å². The van der Waals surface area contributed by atoms with Crippen LogP contribution in [-0.4, -0.2) is 23.2 Å². The highest BCUT2D eigenvalue weighted by Crippen LogP contribution is 2.31. The maximum atomic E-state index is 12.8. The normalized spacial score (nSPS) is 11.8. The van der Waals surface area contributed by atoms with Gasteiger partial charge in [-0.25, -0.2) is 9.59 Å². The summed E-state index contributed by atoms with van der Waals surface area (Å²) in [6, 6.07) is 15.7. The Labute approximate surface area is 188 Å². The smallest absolute Gasteiger partial charge is 0.408 e. The molecule has 0 radical (unpaired) electrons. The second-order valence-electron chi connectivity index (χ2n) is 7.55. The van der Waals surface area contributed by atoms with Crippen LogP contribution in [0.4, 0.5) is 4.79 Å². The molecule has 0 saturated heterocycles. The zero-order chi connectivity index (χ0) is 23.5. The number of carbonyl (C=O) groups is 2. The summed E-state index contributed by atoms with van der Waals surface area (Å²) in [6.07, 6.45) is -0.780. The topological polar surface area (TPSA) is 115 Å². The first-order chi connectivity index (χ1) is 15.8. The second-order valence-corrected chi connectivity index (χ2v) is 7.55. The van der Waals surface area contributed by atoms with Gasteiger partial charge in [-0.3, -0.25) is 4.79 Å². The van der Waals surface area contributed by atoms with Crippen molar-refractivity contribution in [3.8, 4) is 11.5 Å². The molecule has 0 bridgehead atoms. The fraction of sp³-hybridized carbons (Fsp3) is 0.160. The molecule has 8 nitrogen and oxygen atoms in total. The fourth-order valence-corrected chi connectivity index (χ4v) is 3.36. The molecule has 1 heterocycles. The van der Waals surface area contributed by atoms with Gasteiger partial charge in [0.15, 0.2) is 0 Å². The van der Waals surface area contributed by atoms with E-state index >= 15 is 0 Å². The van der Waals surface area contributed by atoms with Gasteiger partial charge in [0.25, 0.3) is 0 Å². The predicted octanol–water partition coefficient (Wildman–Crippen LogP) is 4.18.